The van der Waals surface area contributed by atoms with E-state index in [0.29, 0.717) is 0 Å². The van der Waals surface area contributed by atoms with Gasteiger partial charge in [-0.25, -0.2) is 0 Å². The molecule has 0 saturated carbocycles. The van der Waals surface area contributed by atoms with Gasteiger partial charge in [-0.2, -0.15) is 0 Å². The van der Waals surface area contributed by atoms with Crippen LogP contribution in [-0.4, -0.2) is 6.54 Å². The lowest BCUT2D eigenvalue weighted by atomic mass is 10.2. The number of aryl methyl sites for hydroxylation is 1. The van der Waals surface area contributed by atoms with Crippen molar-refractivity contribution in [2.45, 2.75) is 26.8 Å². The van der Waals surface area contributed by atoms with Crippen molar-refractivity contribution in [3.63, 3.8) is 0 Å². The molecular weight excluding hydrogens is 394 g/mol. The highest BCUT2D eigenvalue weighted by molar-refractivity contribution is 9.10. The molecule has 0 spiro atoms. The Morgan fingerprint density at radius 2 is 1.67 bits per heavy atom. The molecule has 2 rings (SSSR count). The normalized spacial score (nSPS) is 10.7. The smallest absolute Gasteiger partial charge is 0.133 e. The molecule has 0 amide bonds. The number of nitrogens with one attached hydrogen (secondary N) is 1. The Bertz CT molecular complexity index is 614. The summed E-state index contributed by atoms with van der Waals surface area (Å²) in [5.41, 5.74) is 2.27. The van der Waals surface area contributed by atoms with Gasteiger partial charge in [0.2, 0.25) is 0 Å². The van der Waals surface area contributed by atoms with E-state index >= 15 is 0 Å². The Kier molecular flexibility index (Phi) is 6.27. The van der Waals surface area contributed by atoms with Crippen LogP contribution in [0.5, 0.6) is 11.5 Å². The third-order valence-corrected chi connectivity index (χ3v) is 4.13. The maximum Gasteiger partial charge on any atom is 0.133 e. The first-order chi connectivity index (χ1) is 10.1. The SMILES string of the molecule is CCCNCc1ccc(Br)cc1Oc1cc(Br)ccc1C. The van der Waals surface area contributed by atoms with Crippen LogP contribution >= 0.6 is 31.9 Å². The third kappa shape index (κ3) is 4.83. The lowest BCUT2D eigenvalue weighted by molar-refractivity contribution is 0.468. The monoisotopic (exact) mass is 411 g/mol. The summed E-state index contributed by atoms with van der Waals surface area (Å²) >= 11 is 7.01. The molecular formula is C17H19Br2NO. The Balaban J connectivity index is 2.25. The first-order valence-corrected chi connectivity index (χ1v) is 8.62. The molecule has 2 nitrogen and oxygen atoms in total. The summed E-state index contributed by atoms with van der Waals surface area (Å²) in [4.78, 5) is 0. The van der Waals surface area contributed by atoms with Gasteiger partial charge < -0.3 is 10.1 Å². The molecule has 0 atom stereocenters. The van der Waals surface area contributed by atoms with E-state index in [9.17, 15) is 0 Å². The quantitative estimate of drug-likeness (QED) is 0.604. The van der Waals surface area contributed by atoms with E-state index in [4.69, 9.17) is 4.74 Å². The molecule has 0 heterocycles. The Morgan fingerprint density at radius 3 is 2.38 bits per heavy atom. The average molecular weight is 413 g/mol. The third-order valence-electron chi connectivity index (χ3n) is 3.14. The van der Waals surface area contributed by atoms with Crippen molar-refractivity contribution >= 4 is 31.9 Å². The molecule has 0 aliphatic carbocycles. The lowest BCUT2D eigenvalue weighted by Crippen LogP contribution is -2.14. The van der Waals surface area contributed by atoms with Crippen LogP contribution in [0.2, 0.25) is 0 Å². The highest BCUT2D eigenvalue weighted by Crippen LogP contribution is 2.32. The van der Waals surface area contributed by atoms with Crippen molar-refractivity contribution in [2.24, 2.45) is 0 Å². The summed E-state index contributed by atoms with van der Waals surface area (Å²) in [6, 6.07) is 12.2. The molecule has 0 unspecified atom stereocenters. The van der Waals surface area contributed by atoms with E-state index in [2.05, 4.69) is 57.1 Å². The minimum absolute atomic E-state index is 0.809. The maximum atomic E-state index is 6.13. The summed E-state index contributed by atoms with van der Waals surface area (Å²) in [6.07, 6.45) is 1.12. The zero-order valence-electron chi connectivity index (χ0n) is 12.2. The van der Waals surface area contributed by atoms with E-state index in [0.717, 1.165) is 51.1 Å². The fraction of sp³-hybridized carbons (Fsp3) is 0.294. The number of halogens is 2. The molecule has 0 aliphatic heterocycles. The van der Waals surface area contributed by atoms with E-state index in [-0.39, 0.29) is 0 Å². The predicted molar refractivity (Wildman–Crippen MR) is 95.1 cm³/mol. The average Bonchev–Trinajstić information content (AvgIpc) is 2.45. The molecule has 0 bridgehead atoms. The Labute approximate surface area is 143 Å². The molecule has 0 fully saturated rings. The Morgan fingerprint density at radius 1 is 1.00 bits per heavy atom. The van der Waals surface area contributed by atoms with E-state index in [1.165, 1.54) is 0 Å². The second kappa shape index (κ2) is 7.97. The summed E-state index contributed by atoms with van der Waals surface area (Å²) in [7, 11) is 0. The van der Waals surface area contributed by atoms with Crippen molar-refractivity contribution in [3.8, 4) is 11.5 Å². The molecule has 0 aliphatic rings. The van der Waals surface area contributed by atoms with E-state index in [1.54, 1.807) is 0 Å². The summed E-state index contributed by atoms with van der Waals surface area (Å²) in [5.74, 6) is 1.76. The molecule has 0 saturated heterocycles. The van der Waals surface area contributed by atoms with Gasteiger partial charge in [-0.1, -0.05) is 50.9 Å². The van der Waals surface area contributed by atoms with Gasteiger partial charge in [-0.05, 0) is 49.7 Å². The van der Waals surface area contributed by atoms with Crippen molar-refractivity contribution in [2.75, 3.05) is 6.54 Å². The zero-order valence-corrected chi connectivity index (χ0v) is 15.4. The van der Waals surface area contributed by atoms with Crippen LogP contribution in [-0.2, 0) is 6.54 Å². The minimum atomic E-state index is 0.809. The number of hydrogen-bond acceptors (Lipinski definition) is 2. The summed E-state index contributed by atoms with van der Waals surface area (Å²) in [6.45, 7) is 6.03. The van der Waals surface area contributed by atoms with Gasteiger partial charge >= 0.3 is 0 Å². The zero-order chi connectivity index (χ0) is 15.2. The topological polar surface area (TPSA) is 21.3 Å². The Hall–Kier alpha value is -0.840. The van der Waals surface area contributed by atoms with Crippen molar-refractivity contribution in [1.29, 1.82) is 0 Å². The fourth-order valence-electron chi connectivity index (χ4n) is 1.97. The van der Waals surface area contributed by atoms with Crippen LogP contribution in [0.3, 0.4) is 0 Å². The van der Waals surface area contributed by atoms with Gasteiger partial charge in [0.05, 0.1) is 0 Å². The van der Waals surface area contributed by atoms with Gasteiger partial charge in [-0.15, -0.1) is 0 Å². The minimum Gasteiger partial charge on any atom is -0.457 e. The maximum absolute atomic E-state index is 6.13. The van der Waals surface area contributed by atoms with Gasteiger partial charge in [0, 0.05) is 21.1 Å². The van der Waals surface area contributed by atoms with Crippen LogP contribution in [0.15, 0.2) is 45.3 Å². The largest absolute Gasteiger partial charge is 0.457 e. The molecule has 2 aromatic carbocycles. The van der Waals surface area contributed by atoms with Gasteiger partial charge in [0.1, 0.15) is 11.5 Å². The number of rotatable bonds is 6. The first-order valence-electron chi connectivity index (χ1n) is 7.03. The van der Waals surface area contributed by atoms with Crippen LogP contribution in [0, 0.1) is 6.92 Å². The highest BCUT2D eigenvalue weighted by Gasteiger charge is 2.08. The summed E-state index contributed by atoms with van der Waals surface area (Å²) < 4.78 is 8.17. The number of benzene rings is 2. The van der Waals surface area contributed by atoms with Crippen LogP contribution in [0.1, 0.15) is 24.5 Å². The van der Waals surface area contributed by atoms with E-state index < -0.39 is 0 Å². The van der Waals surface area contributed by atoms with Crippen LogP contribution in [0.25, 0.3) is 0 Å². The predicted octanol–water partition coefficient (Wildman–Crippen LogP) is 5.81. The van der Waals surface area contributed by atoms with Gasteiger partial charge in [0.25, 0.3) is 0 Å². The van der Waals surface area contributed by atoms with Crippen LogP contribution in [0.4, 0.5) is 0 Å². The second-order valence-electron chi connectivity index (χ2n) is 4.94. The molecule has 2 aromatic rings. The highest BCUT2D eigenvalue weighted by atomic mass is 79.9. The first kappa shape index (κ1) is 16.5. The van der Waals surface area contributed by atoms with Crippen LogP contribution < -0.4 is 10.1 Å². The standard InChI is InChI=1S/C17H19Br2NO/c1-3-8-20-11-13-5-7-15(19)10-17(13)21-16-9-14(18)6-4-12(16)2/h4-7,9-10,20H,3,8,11H2,1-2H3. The molecule has 4 heteroatoms. The molecule has 0 aromatic heterocycles. The number of ether oxygens (including phenoxy) is 1. The van der Waals surface area contributed by atoms with E-state index in [1.807, 2.05) is 30.3 Å². The molecule has 0 radical (unpaired) electrons. The molecule has 21 heavy (non-hydrogen) atoms. The fourth-order valence-corrected chi connectivity index (χ4v) is 2.65. The molecule has 1 N–H and O–H groups in total. The summed E-state index contributed by atoms with van der Waals surface area (Å²) in [5, 5.41) is 3.42. The molecule has 112 valence electrons. The van der Waals surface area contributed by atoms with Gasteiger partial charge in [-0.3, -0.25) is 0 Å². The van der Waals surface area contributed by atoms with Gasteiger partial charge in [0.15, 0.2) is 0 Å². The number of hydrogen-bond donors (Lipinski definition) is 1. The lowest BCUT2D eigenvalue weighted by Gasteiger charge is -2.14. The second-order valence-corrected chi connectivity index (χ2v) is 6.77. The van der Waals surface area contributed by atoms with Crippen molar-refractivity contribution in [1.82, 2.24) is 5.32 Å². The van der Waals surface area contributed by atoms with Crippen molar-refractivity contribution < 1.29 is 4.74 Å². The van der Waals surface area contributed by atoms with Crippen molar-refractivity contribution in [3.05, 3.63) is 56.5 Å².